The number of para-hydroxylation sites is 3. The van der Waals surface area contributed by atoms with Gasteiger partial charge in [0.2, 0.25) is 0 Å². The molecule has 2 nitrogen and oxygen atoms in total. The average Bonchev–Trinajstić information content (AvgIpc) is 4.12. The van der Waals surface area contributed by atoms with Crippen LogP contribution >= 0.6 is 0 Å². The molecule has 1 heterocycles. The van der Waals surface area contributed by atoms with Gasteiger partial charge in [0.05, 0.1) is 28.1 Å². The molecule has 0 aliphatic heterocycles. The predicted molar refractivity (Wildman–Crippen MR) is 349 cm³/mol. The molecular weight excluding hydrogens is 989 g/mol. The van der Waals surface area contributed by atoms with Crippen molar-refractivity contribution in [1.82, 2.24) is 4.57 Å². The van der Waals surface area contributed by atoms with E-state index in [1.54, 1.807) is 0 Å². The first-order valence-corrected chi connectivity index (χ1v) is 28.2. The Hall–Kier alpha value is -10.8. The van der Waals surface area contributed by atoms with Crippen LogP contribution in [0, 0.1) is 0 Å². The van der Waals surface area contributed by atoms with Gasteiger partial charge < -0.3 is 9.47 Å². The lowest BCUT2D eigenvalue weighted by molar-refractivity contribution is 1.18. The van der Waals surface area contributed by atoms with Crippen LogP contribution in [0.15, 0.2) is 328 Å². The molecule has 0 aliphatic rings. The van der Waals surface area contributed by atoms with Crippen LogP contribution in [0.2, 0.25) is 0 Å². The summed E-state index contributed by atoms with van der Waals surface area (Å²) < 4.78 is 2.43. The van der Waals surface area contributed by atoms with Crippen molar-refractivity contribution in [2.24, 2.45) is 0 Å². The highest BCUT2D eigenvalue weighted by Gasteiger charge is 2.24. The largest absolute Gasteiger partial charge is 0.309 e. The van der Waals surface area contributed by atoms with E-state index in [0.29, 0.717) is 0 Å². The van der Waals surface area contributed by atoms with Gasteiger partial charge >= 0.3 is 0 Å². The van der Waals surface area contributed by atoms with E-state index in [9.17, 15) is 0 Å². The summed E-state index contributed by atoms with van der Waals surface area (Å²) in [4.78, 5) is 2.49. The van der Waals surface area contributed by atoms with E-state index in [-0.39, 0.29) is 0 Å². The highest BCUT2D eigenvalue weighted by molar-refractivity contribution is 6.11. The van der Waals surface area contributed by atoms with Crippen molar-refractivity contribution in [3.8, 4) is 83.6 Å². The maximum Gasteiger partial charge on any atom is 0.0541 e. The smallest absolute Gasteiger partial charge is 0.0541 e. The second-order valence-electron chi connectivity index (χ2n) is 21.1. The second kappa shape index (κ2) is 20.8. The molecule has 0 bridgehead atoms. The van der Waals surface area contributed by atoms with Crippen LogP contribution in [0.4, 0.5) is 17.1 Å². The van der Waals surface area contributed by atoms with Gasteiger partial charge in [-0.05, 0) is 137 Å². The number of hydrogen-bond donors (Lipinski definition) is 0. The molecule has 1 aromatic heterocycles. The fourth-order valence-electron chi connectivity index (χ4n) is 12.7. The lowest BCUT2D eigenvalue weighted by Crippen LogP contribution is -2.13. The van der Waals surface area contributed by atoms with Crippen LogP contribution in [0.5, 0.6) is 0 Å². The minimum Gasteiger partial charge on any atom is -0.309 e. The van der Waals surface area contributed by atoms with Gasteiger partial charge in [-0.3, -0.25) is 0 Å². The minimum atomic E-state index is 1.04. The molecule has 0 fully saturated rings. The van der Waals surface area contributed by atoms with Crippen molar-refractivity contribution in [3.05, 3.63) is 328 Å². The molecule has 384 valence electrons. The lowest BCUT2D eigenvalue weighted by atomic mass is 9.90. The molecule has 0 spiro atoms. The summed E-state index contributed by atoms with van der Waals surface area (Å²) in [6.45, 7) is 0. The molecular formula is C80H54N2. The van der Waals surface area contributed by atoms with Gasteiger partial charge in [-0.15, -0.1) is 0 Å². The third-order valence-corrected chi connectivity index (χ3v) is 16.4. The third-order valence-electron chi connectivity index (χ3n) is 16.4. The standard InChI is InChI=1S/C80H54N2/c1-5-23-55(24-6-1)63-34-19-40-70-65(36-21-38-68(63)70)60-47-51-79(74(53-60)57-27-9-3-10-28-57)81(62-49-45-59(46-50-62)67-31-13-16-42-76(67)82-77-43-17-14-32-72(77)73-33-15-18-44-78(73)82)80-52-48-61(54-75(80)58-29-11-4-12-30-58)66-37-22-39-69-64(35-20-41-71(66)69)56-25-7-2-8-26-56/h1-54H. The van der Waals surface area contributed by atoms with Crippen LogP contribution in [-0.2, 0) is 0 Å². The van der Waals surface area contributed by atoms with Crippen molar-refractivity contribution < 1.29 is 0 Å². The second-order valence-corrected chi connectivity index (χ2v) is 21.1. The minimum absolute atomic E-state index is 1.04. The lowest BCUT2D eigenvalue weighted by Gasteiger charge is -2.31. The van der Waals surface area contributed by atoms with E-state index in [1.807, 2.05) is 0 Å². The molecule has 82 heavy (non-hydrogen) atoms. The molecule has 14 aromatic carbocycles. The summed E-state index contributed by atoms with van der Waals surface area (Å²) in [5.74, 6) is 0. The fourth-order valence-corrected chi connectivity index (χ4v) is 12.7. The maximum absolute atomic E-state index is 2.49. The number of anilines is 3. The Bertz CT molecular complexity index is 4570. The van der Waals surface area contributed by atoms with E-state index in [2.05, 4.69) is 337 Å². The first-order valence-electron chi connectivity index (χ1n) is 28.2. The van der Waals surface area contributed by atoms with Crippen LogP contribution in [0.3, 0.4) is 0 Å². The molecule has 0 aliphatic carbocycles. The quantitative estimate of drug-likeness (QED) is 0.125. The van der Waals surface area contributed by atoms with Gasteiger partial charge in [0.1, 0.15) is 0 Å². The van der Waals surface area contributed by atoms with E-state index >= 15 is 0 Å². The number of rotatable bonds is 11. The van der Waals surface area contributed by atoms with Gasteiger partial charge in [0.15, 0.2) is 0 Å². The molecule has 0 atom stereocenters. The Kier molecular flexibility index (Phi) is 12.2. The van der Waals surface area contributed by atoms with Crippen LogP contribution in [0.1, 0.15) is 0 Å². The van der Waals surface area contributed by atoms with E-state index in [4.69, 9.17) is 0 Å². The topological polar surface area (TPSA) is 8.17 Å². The van der Waals surface area contributed by atoms with Crippen LogP contribution in [-0.4, -0.2) is 4.57 Å². The predicted octanol–water partition coefficient (Wildman–Crippen LogP) is 22.2. The van der Waals surface area contributed by atoms with Gasteiger partial charge in [0, 0.05) is 33.2 Å². The summed E-state index contributed by atoms with van der Waals surface area (Å²) >= 11 is 0. The first kappa shape index (κ1) is 48.3. The maximum atomic E-state index is 2.49. The van der Waals surface area contributed by atoms with Crippen LogP contribution in [0.25, 0.3) is 127 Å². The Morgan fingerprint density at radius 1 is 0.195 bits per heavy atom. The molecule has 0 saturated heterocycles. The number of hydrogen-bond acceptors (Lipinski definition) is 1. The number of aromatic nitrogens is 1. The van der Waals surface area contributed by atoms with Crippen molar-refractivity contribution in [3.63, 3.8) is 0 Å². The van der Waals surface area contributed by atoms with Crippen molar-refractivity contribution in [2.75, 3.05) is 4.90 Å². The normalized spacial score (nSPS) is 11.4. The Labute approximate surface area is 478 Å². The SMILES string of the molecule is c1ccc(-c2cc(-c3cccc4c(-c5ccccc5)cccc34)ccc2N(c2ccc(-c3ccccc3-n3c4ccccc4c4ccccc43)cc2)c2ccc(-c3cccc4c(-c5ccccc5)cccc34)cc2-c2ccccc2)cc1. The Morgan fingerprint density at radius 2 is 0.500 bits per heavy atom. The van der Waals surface area contributed by atoms with Crippen molar-refractivity contribution in [2.45, 2.75) is 0 Å². The number of benzene rings is 14. The molecule has 0 radical (unpaired) electrons. The fraction of sp³-hybridized carbons (Fsp3) is 0. The Balaban J connectivity index is 0.945. The van der Waals surface area contributed by atoms with Gasteiger partial charge in [-0.25, -0.2) is 0 Å². The van der Waals surface area contributed by atoms with E-state index in [1.165, 1.54) is 76.7 Å². The van der Waals surface area contributed by atoms with E-state index < -0.39 is 0 Å². The number of nitrogens with zero attached hydrogens (tertiary/aromatic N) is 2. The monoisotopic (exact) mass is 1040 g/mol. The summed E-state index contributed by atoms with van der Waals surface area (Å²) in [6, 6.07) is 120. The van der Waals surface area contributed by atoms with Crippen molar-refractivity contribution in [1.29, 1.82) is 0 Å². The van der Waals surface area contributed by atoms with Crippen LogP contribution < -0.4 is 4.90 Å². The number of fused-ring (bicyclic) bond motifs is 5. The highest BCUT2D eigenvalue weighted by atomic mass is 15.1. The first-order chi connectivity index (χ1) is 40.7. The summed E-state index contributed by atoms with van der Waals surface area (Å²) in [6.07, 6.45) is 0. The van der Waals surface area contributed by atoms with E-state index in [0.717, 1.165) is 67.3 Å². The summed E-state index contributed by atoms with van der Waals surface area (Å²) in [5, 5.41) is 7.38. The molecule has 2 heteroatoms. The highest BCUT2D eigenvalue weighted by Crippen LogP contribution is 2.49. The zero-order chi connectivity index (χ0) is 54.3. The van der Waals surface area contributed by atoms with Gasteiger partial charge in [-0.2, -0.15) is 0 Å². The zero-order valence-corrected chi connectivity index (χ0v) is 45.1. The third kappa shape index (κ3) is 8.53. The summed E-state index contributed by atoms with van der Waals surface area (Å²) in [5.41, 5.74) is 23.1. The average molecular weight is 1040 g/mol. The molecule has 15 rings (SSSR count). The molecule has 0 amide bonds. The zero-order valence-electron chi connectivity index (χ0n) is 45.1. The summed E-state index contributed by atoms with van der Waals surface area (Å²) in [7, 11) is 0. The van der Waals surface area contributed by atoms with Crippen molar-refractivity contribution >= 4 is 60.4 Å². The van der Waals surface area contributed by atoms with Gasteiger partial charge in [-0.1, -0.05) is 273 Å². The van der Waals surface area contributed by atoms with Gasteiger partial charge in [0.25, 0.3) is 0 Å². The Morgan fingerprint density at radius 3 is 0.927 bits per heavy atom. The molecule has 15 aromatic rings. The molecule has 0 N–H and O–H groups in total. The molecule has 0 unspecified atom stereocenters. The molecule has 0 saturated carbocycles.